The first-order valence-corrected chi connectivity index (χ1v) is 3.48. The van der Waals surface area contributed by atoms with Crippen molar-refractivity contribution >= 4 is 18.6 Å². The van der Waals surface area contributed by atoms with Gasteiger partial charge in [0.1, 0.15) is 6.04 Å². The zero-order valence-corrected chi connectivity index (χ0v) is 6.51. The van der Waals surface area contributed by atoms with Crippen LogP contribution in [0.2, 0.25) is 0 Å². The van der Waals surface area contributed by atoms with E-state index in [1.807, 2.05) is 0 Å². The predicted octanol–water partition coefficient (Wildman–Crippen LogP) is -0.703. The fourth-order valence-electron chi connectivity index (χ4n) is 0.563. The SMILES string of the molecule is CC(O)C(NCS)C(=O)O. The second-order valence-corrected chi connectivity index (χ2v) is 2.23. The molecule has 0 heterocycles. The summed E-state index contributed by atoms with van der Waals surface area (Å²) in [7, 11) is 0. The summed E-state index contributed by atoms with van der Waals surface area (Å²) < 4.78 is 0. The van der Waals surface area contributed by atoms with E-state index < -0.39 is 18.1 Å². The van der Waals surface area contributed by atoms with Gasteiger partial charge in [0, 0.05) is 5.88 Å². The largest absolute Gasteiger partial charge is 0.480 e. The van der Waals surface area contributed by atoms with E-state index in [0.29, 0.717) is 0 Å². The van der Waals surface area contributed by atoms with Crippen LogP contribution in [-0.4, -0.2) is 34.2 Å². The highest BCUT2D eigenvalue weighted by Crippen LogP contribution is 1.92. The van der Waals surface area contributed by atoms with Crippen LogP contribution >= 0.6 is 12.6 Å². The second kappa shape index (κ2) is 4.54. The number of carboxylic acid groups (broad SMARTS) is 1. The average Bonchev–Trinajstić information content (AvgIpc) is 1.81. The van der Waals surface area contributed by atoms with Crippen LogP contribution in [0.15, 0.2) is 0 Å². The molecular weight excluding hydrogens is 154 g/mol. The summed E-state index contributed by atoms with van der Waals surface area (Å²) in [5.74, 6) is -0.828. The molecule has 2 unspecified atom stereocenters. The van der Waals surface area contributed by atoms with Crippen molar-refractivity contribution < 1.29 is 15.0 Å². The quantitative estimate of drug-likeness (QED) is 0.328. The molecule has 5 heteroatoms. The maximum absolute atomic E-state index is 10.3. The highest BCUT2D eigenvalue weighted by molar-refractivity contribution is 7.80. The zero-order valence-electron chi connectivity index (χ0n) is 5.61. The summed E-state index contributed by atoms with van der Waals surface area (Å²) >= 11 is 3.76. The maximum atomic E-state index is 10.3. The van der Waals surface area contributed by atoms with Crippen molar-refractivity contribution in [2.24, 2.45) is 0 Å². The summed E-state index contributed by atoms with van der Waals surface area (Å²) in [6.45, 7) is 1.41. The van der Waals surface area contributed by atoms with Crippen molar-refractivity contribution in [1.82, 2.24) is 5.32 Å². The molecule has 0 spiro atoms. The van der Waals surface area contributed by atoms with Gasteiger partial charge >= 0.3 is 5.97 Å². The van der Waals surface area contributed by atoms with E-state index in [-0.39, 0.29) is 5.88 Å². The van der Waals surface area contributed by atoms with Crippen molar-refractivity contribution in [2.75, 3.05) is 5.88 Å². The first kappa shape index (κ1) is 9.74. The molecule has 0 aliphatic rings. The van der Waals surface area contributed by atoms with E-state index in [2.05, 4.69) is 17.9 Å². The minimum Gasteiger partial charge on any atom is -0.480 e. The van der Waals surface area contributed by atoms with E-state index in [1.54, 1.807) is 0 Å². The Balaban J connectivity index is 3.85. The first-order chi connectivity index (χ1) is 4.59. The highest BCUT2D eigenvalue weighted by Gasteiger charge is 2.20. The maximum Gasteiger partial charge on any atom is 0.323 e. The number of aliphatic hydroxyl groups is 1. The summed E-state index contributed by atoms with van der Waals surface area (Å²) in [4.78, 5) is 10.3. The van der Waals surface area contributed by atoms with Crippen molar-refractivity contribution in [3.63, 3.8) is 0 Å². The molecule has 10 heavy (non-hydrogen) atoms. The molecule has 0 saturated carbocycles. The van der Waals surface area contributed by atoms with Gasteiger partial charge in [-0.1, -0.05) is 0 Å². The molecule has 0 rings (SSSR count). The van der Waals surface area contributed by atoms with Crippen LogP contribution in [0, 0.1) is 0 Å². The van der Waals surface area contributed by atoms with Crippen LogP contribution in [0.4, 0.5) is 0 Å². The summed E-state index contributed by atoms with van der Waals surface area (Å²) in [6, 6.07) is -0.919. The Labute approximate surface area is 64.7 Å². The Morgan fingerprint density at radius 3 is 2.40 bits per heavy atom. The number of hydrogen-bond donors (Lipinski definition) is 4. The van der Waals surface area contributed by atoms with Gasteiger partial charge in [0.15, 0.2) is 0 Å². The molecule has 2 atom stereocenters. The number of nitrogens with one attached hydrogen (secondary N) is 1. The lowest BCUT2D eigenvalue weighted by Gasteiger charge is -2.14. The Morgan fingerprint density at radius 1 is 1.80 bits per heavy atom. The van der Waals surface area contributed by atoms with Crippen LogP contribution in [0.1, 0.15) is 6.92 Å². The Bertz CT molecular complexity index is 117. The molecule has 0 radical (unpaired) electrons. The van der Waals surface area contributed by atoms with Crippen LogP contribution in [0.25, 0.3) is 0 Å². The van der Waals surface area contributed by atoms with E-state index in [4.69, 9.17) is 10.2 Å². The van der Waals surface area contributed by atoms with Gasteiger partial charge < -0.3 is 10.2 Å². The average molecular weight is 165 g/mol. The highest BCUT2D eigenvalue weighted by atomic mass is 32.1. The smallest absolute Gasteiger partial charge is 0.323 e. The third-order valence-corrected chi connectivity index (χ3v) is 1.24. The molecule has 0 aliphatic heterocycles. The monoisotopic (exact) mass is 165 g/mol. The van der Waals surface area contributed by atoms with Gasteiger partial charge in [-0.15, -0.1) is 0 Å². The van der Waals surface area contributed by atoms with Crippen LogP contribution < -0.4 is 5.32 Å². The normalized spacial score (nSPS) is 16.3. The summed E-state index contributed by atoms with van der Waals surface area (Å²) in [6.07, 6.45) is -0.898. The lowest BCUT2D eigenvalue weighted by molar-refractivity contribution is -0.142. The van der Waals surface area contributed by atoms with E-state index in [9.17, 15) is 4.79 Å². The molecule has 3 N–H and O–H groups in total. The van der Waals surface area contributed by atoms with E-state index in [1.165, 1.54) is 6.92 Å². The molecule has 60 valence electrons. The number of hydrogen-bond acceptors (Lipinski definition) is 4. The third-order valence-electron chi connectivity index (χ3n) is 1.06. The van der Waals surface area contributed by atoms with Gasteiger partial charge in [-0.2, -0.15) is 12.6 Å². The minimum atomic E-state index is -1.07. The number of thiol groups is 1. The fourth-order valence-corrected chi connectivity index (χ4v) is 0.759. The standard InChI is InChI=1S/C5H11NO3S/c1-3(7)4(5(8)9)6-2-10/h3-4,6-7,10H,2H2,1H3,(H,8,9). The van der Waals surface area contributed by atoms with Gasteiger partial charge in [-0.05, 0) is 6.92 Å². The molecule has 0 aromatic heterocycles. The molecule has 0 bridgehead atoms. The summed E-state index contributed by atoms with van der Waals surface area (Å²) in [5, 5.41) is 19.8. The second-order valence-electron chi connectivity index (χ2n) is 1.92. The van der Waals surface area contributed by atoms with Gasteiger partial charge in [0.05, 0.1) is 6.10 Å². The number of carbonyl (C=O) groups is 1. The van der Waals surface area contributed by atoms with Crippen molar-refractivity contribution in [2.45, 2.75) is 19.1 Å². The summed E-state index contributed by atoms with van der Waals surface area (Å²) in [5.41, 5.74) is 0. The Morgan fingerprint density at radius 2 is 2.30 bits per heavy atom. The van der Waals surface area contributed by atoms with E-state index >= 15 is 0 Å². The first-order valence-electron chi connectivity index (χ1n) is 2.84. The predicted molar refractivity (Wildman–Crippen MR) is 40.1 cm³/mol. The lowest BCUT2D eigenvalue weighted by Crippen LogP contribution is -2.44. The Kier molecular flexibility index (Phi) is 4.42. The van der Waals surface area contributed by atoms with Crippen LogP contribution in [0.3, 0.4) is 0 Å². The molecule has 0 aromatic rings. The lowest BCUT2D eigenvalue weighted by atomic mass is 10.2. The van der Waals surface area contributed by atoms with Crippen LogP contribution in [0.5, 0.6) is 0 Å². The Hall–Kier alpha value is -0.260. The van der Waals surface area contributed by atoms with E-state index in [0.717, 1.165) is 0 Å². The van der Waals surface area contributed by atoms with Crippen LogP contribution in [-0.2, 0) is 4.79 Å². The zero-order chi connectivity index (χ0) is 8.15. The molecule has 0 aliphatic carbocycles. The van der Waals surface area contributed by atoms with Crippen molar-refractivity contribution in [3.05, 3.63) is 0 Å². The van der Waals surface area contributed by atoms with Crippen molar-refractivity contribution in [1.29, 1.82) is 0 Å². The van der Waals surface area contributed by atoms with Gasteiger partial charge in [0.2, 0.25) is 0 Å². The number of aliphatic hydroxyl groups excluding tert-OH is 1. The van der Waals surface area contributed by atoms with Gasteiger partial charge in [-0.3, -0.25) is 10.1 Å². The molecule has 0 fully saturated rings. The fraction of sp³-hybridized carbons (Fsp3) is 0.800. The topological polar surface area (TPSA) is 69.6 Å². The molecule has 4 nitrogen and oxygen atoms in total. The minimum absolute atomic E-state index is 0.238. The van der Waals surface area contributed by atoms with Gasteiger partial charge in [0.25, 0.3) is 0 Å². The third kappa shape index (κ3) is 3.05. The number of carboxylic acids is 1. The number of aliphatic carboxylic acids is 1. The molecular formula is C5H11NO3S. The van der Waals surface area contributed by atoms with Crippen molar-refractivity contribution in [3.8, 4) is 0 Å². The molecule has 0 saturated heterocycles. The molecule has 0 aromatic carbocycles. The van der Waals surface area contributed by atoms with Gasteiger partial charge in [-0.25, -0.2) is 0 Å². The molecule has 0 amide bonds. The number of rotatable bonds is 4.